The van der Waals surface area contributed by atoms with E-state index in [0.29, 0.717) is 0 Å². The summed E-state index contributed by atoms with van der Waals surface area (Å²) in [6.07, 6.45) is 3.60. The Morgan fingerprint density at radius 1 is 0.947 bits per heavy atom. The fourth-order valence-electron chi connectivity index (χ4n) is 2.06. The van der Waals surface area contributed by atoms with Gasteiger partial charge in [0, 0.05) is 17.2 Å². The number of hydrogen-bond donors (Lipinski definition) is 1. The lowest BCUT2D eigenvalue weighted by molar-refractivity contribution is 1.14. The van der Waals surface area contributed by atoms with Gasteiger partial charge in [0.25, 0.3) is 0 Å². The van der Waals surface area contributed by atoms with E-state index in [1.165, 1.54) is 16.3 Å². The lowest BCUT2D eigenvalue weighted by Gasteiger charge is -2.07. The van der Waals surface area contributed by atoms with E-state index in [1.807, 2.05) is 12.3 Å². The van der Waals surface area contributed by atoms with Crippen molar-refractivity contribution in [3.63, 3.8) is 0 Å². The summed E-state index contributed by atoms with van der Waals surface area (Å²) in [5.41, 5.74) is 2.28. The highest BCUT2D eigenvalue weighted by molar-refractivity contribution is 9.10. The second kappa shape index (κ2) is 5.41. The number of fused-ring (bicyclic) bond motifs is 1. The molecule has 0 bridgehead atoms. The highest BCUT2D eigenvalue weighted by Gasteiger charge is 1.98. The number of pyridine rings is 1. The minimum Gasteiger partial charge on any atom is -0.380 e. The zero-order chi connectivity index (χ0) is 13.1. The Bertz CT molecular complexity index is 710. The second-order valence-corrected chi connectivity index (χ2v) is 5.34. The van der Waals surface area contributed by atoms with Gasteiger partial charge < -0.3 is 5.32 Å². The van der Waals surface area contributed by atoms with Crippen molar-refractivity contribution in [1.82, 2.24) is 4.98 Å². The van der Waals surface area contributed by atoms with E-state index in [0.717, 1.165) is 16.7 Å². The number of nitrogens with zero attached hydrogens (tertiary/aromatic N) is 1. The van der Waals surface area contributed by atoms with Gasteiger partial charge >= 0.3 is 0 Å². The third-order valence-electron chi connectivity index (χ3n) is 3.02. The molecule has 94 valence electrons. The fraction of sp³-hybridized carbons (Fsp3) is 0.0625. The van der Waals surface area contributed by atoms with Gasteiger partial charge in [-0.15, -0.1) is 0 Å². The minimum absolute atomic E-state index is 0.795. The lowest BCUT2D eigenvalue weighted by Crippen LogP contribution is -1.99. The van der Waals surface area contributed by atoms with E-state index in [1.54, 1.807) is 6.20 Å². The molecule has 3 aromatic rings. The van der Waals surface area contributed by atoms with Crippen LogP contribution >= 0.6 is 15.9 Å². The van der Waals surface area contributed by atoms with Crippen LogP contribution in [0, 0.1) is 0 Å². The predicted molar refractivity (Wildman–Crippen MR) is 83.2 cm³/mol. The molecule has 0 aliphatic carbocycles. The topological polar surface area (TPSA) is 24.9 Å². The number of hydrogen-bond acceptors (Lipinski definition) is 2. The van der Waals surface area contributed by atoms with Crippen LogP contribution in [0.3, 0.4) is 0 Å². The van der Waals surface area contributed by atoms with Crippen LogP contribution in [-0.2, 0) is 6.54 Å². The van der Waals surface area contributed by atoms with Crippen molar-refractivity contribution in [1.29, 1.82) is 0 Å². The Morgan fingerprint density at radius 2 is 1.79 bits per heavy atom. The van der Waals surface area contributed by atoms with Gasteiger partial charge in [0.15, 0.2) is 0 Å². The number of benzene rings is 2. The SMILES string of the molecule is Brc1cncc(NCc2ccc3ccccc3c2)c1. The van der Waals surface area contributed by atoms with Crippen LogP contribution < -0.4 is 5.32 Å². The van der Waals surface area contributed by atoms with Crippen molar-refractivity contribution in [2.45, 2.75) is 6.54 Å². The lowest BCUT2D eigenvalue weighted by atomic mass is 10.1. The summed E-state index contributed by atoms with van der Waals surface area (Å²) >= 11 is 3.42. The van der Waals surface area contributed by atoms with Crippen molar-refractivity contribution in [3.05, 3.63) is 71.0 Å². The first kappa shape index (κ1) is 12.2. The van der Waals surface area contributed by atoms with E-state index in [-0.39, 0.29) is 0 Å². The molecule has 2 nitrogen and oxygen atoms in total. The van der Waals surface area contributed by atoms with E-state index < -0.39 is 0 Å². The standard InChI is InChI=1S/C16H13BrN2/c17-15-8-16(11-18-10-15)19-9-12-5-6-13-3-1-2-4-14(13)7-12/h1-8,10-11,19H,9H2. The van der Waals surface area contributed by atoms with Crippen LogP contribution in [0.25, 0.3) is 10.8 Å². The van der Waals surface area contributed by atoms with Gasteiger partial charge in [0.1, 0.15) is 0 Å². The van der Waals surface area contributed by atoms with Crippen LogP contribution in [0.5, 0.6) is 0 Å². The van der Waals surface area contributed by atoms with Crippen LogP contribution in [0.4, 0.5) is 5.69 Å². The van der Waals surface area contributed by atoms with Crippen molar-refractivity contribution in [3.8, 4) is 0 Å². The third kappa shape index (κ3) is 2.93. The molecular formula is C16H13BrN2. The number of anilines is 1. The molecule has 0 atom stereocenters. The normalized spacial score (nSPS) is 10.6. The number of aromatic nitrogens is 1. The van der Waals surface area contributed by atoms with Crippen LogP contribution in [0.1, 0.15) is 5.56 Å². The number of nitrogens with one attached hydrogen (secondary N) is 1. The Balaban J connectivity index is 1.78. The molecule has 1 N–H and O–H groups in total. The molecule has 1 heterocycles. The molecule has 3 heteroatoms. The van der Waals surface area contributed by atoms with Crippen molar-refractivity contribution in [2.24, 2.45) is 0 Å². The van der Waals surface area contributed by atoms with Crippen LogP contribution in [-0.4, -0.2) is 4.98 Å². The molecule has 19 heavy (non-hydrogen) atoms. The first-order valence-corrected chi connectivity index (χ1v) is 6.93. The van der Waals surface area contributed by atoms with Gasteiger partial charge in [-0.05, 0) is 44.4 Å². The Hall–Kier alpha value is -1.87. The van der Waals surface area contributed by atoms with Gasteiger partial charge in [0.2, 0.25) is 0 Å². The summed E-state index contributed by atoms with van der Waals surface area (Å²) in [6, 6.07) is 16.9. The maximum atomic E-state index is 4.14. The van der Waals surface area contributed by atoms with E-state index >= 15 is 0 Å². The second-order valence-electron chi connectivity index (χ2n) is 4.43. The molecule has 0 radical (unpaired) electrons. The van der Waals surface area contributed by atoms with Gasteiger partial charge in [0.05, 0.1) is 11.9 Å². The molecule has 0 aliphatic rings. The molecule has 0 saturated heterocycles. The van der Waals surface area contributed by atoms with E-state index in [2.05, 4.69) is 68.7 Å². The Kier molecular flexibility index (Phi) is 3.47. The number of rotatable bonds is 3. The molecule has 1 aromatic heterocycles. The van der Waals surface area contributed by atoms with Crippen molar-refractivity contribution < 1.29 is 0 Å². The monoisotopic (exact) mass is 312 g/mol. The Labute approximate surface area is 120 Å². The van der Waals surface area contributed by atoms with Gasteiger partial charge in [-0.3, -0.25) is 4.98 Å². The highest BCUT2D eigenvalue weighted by Crippen LogP contribution is 2.18. The smallest absolute Gasteiger partial charge is 0.0540 e. The molecule has 0 unspecified atom stereocenters. The van der Waals surface area contributed by atoms with Gasteiger partial charge in [-0.25, -0.2) is 0 Å². The maximum Gasteiger partial charge on any atom is 0.0540 e. The molecule has 0 spiro atoms. The summed E-state index contributed by atoms with van der Waals surface area (Å²) in [6.45, 7) is 0.795. The zero-order valence-electron chi connectivity index (χ0n) is 10.3. The van der Waals surface area contributed by atoms with E-state index in [4.69, 9.17) is 0 Å². The average Bonchev–Trinajstić information content (AvgIpc) is 2.45. The van der Waals surface area contributed by atoms with E-state index in [9.17, 15) is 0 Å². The average molecular weight is 313 g/mol. The molecule has 0 saturated carbocycles. The van der Waals surface area contributed by atoms with Crippen molar-refractivity contribution >= 4 is 32.4 Å². The zero-order valence-corrected chi connectivity index (χ0v) is 11.9. The highest BCUT2D eigenvalue weighted by atomic mass is 79.9. The first-order valence-electron chi connectivity index (χ1n) is 6.13. The molecule has 3 rings (SSSR count). The van der Waals surface area contributed by atoms with Gasteiger partial charge in [-0.2, -0.15) is 0 Å². The van der Waals surface area contributed by atoms with Gasteiger partial charge in [-0.1, -0.05) is 36.4 Å². The quantitative estimate of drug-likeness (QED) is 0.764. The molecular weight excluding hydrogens is 300 g/mol. The van der Waals surface area contributed by atoms with Crippen LogP contribution in [0.2, 0.25) is 0 Å². The predicted octanol–water partition coefficient (Wildman–Crippen LogP) is 4.61. The fourth-order valence-corrected chi connectivity index (χ4v) is 2.43. The summed E-state index contributed by atoms with van der Waals surface area (Å²) in [5, 5.41) is 5.92. The summed E-state index contributed by atoms with van der Waals surface area (Å²) < 4.78 is 0.982. The first-order chi connectivity index (χ1) is 9.31. The third-order valence-corrected chi connectivity index (χ3v) is 3.45. The summed E-state index contributed by atoms with van der Waals surface area (Å²) in [5.74, 6) is 0. The molecule has 2 aromatic carbocycles. The Morgan fingerprint density at radius 3 is 2.63 bits per heavy atom. The summed E-state index contributed by atoms with van der Waals surface area (Å²) in [7, 11) is 0. The molecule has 0 amide bonds. The molecule has 0 aliphatic heterocycles. The van der Waals surface area contributed by atoms with Crippen molar-refractivity contribution in [2.75, 3.05) is 5.32 Å². The number of halogens is 1. The molecule has 0 fully saturated rings. The van der Waals surface area contributed by atoms with Crippen LogP contribution in [0.15, 0.2) is 65.4 Å². The minimum atomic E-state index is 0.795. The largest absolute Gasteiger partial charge is 0.380 e. The maximum absolute atomic E-state index is 4.14. The summed E-state index contributed by atoms with van der Waals surface area (Å²) in [4.78, 5) is 4.14.